The van der Waals surface area contributed by atoms with Gasteiger partial charge in [-0.05, 0) is 18.2 Å². The fourth-order valence-electron chi connectivity index (χ4n) is 1.29. The number of aromatic nitrogens is 1. The summed E-state index contributed by atoms with van der Waals surface area (Å²) in [6.45, 7) is 0. The summed E-state index contributed by atoms with van der Waals surface area (Å²) < 4.78 is 4.53. The van der Waals surface area contributed by atoms with Crippen molar-refractivity contribution in [1.82, 2.24) is 5.16 Å². The molecule has 92 valence electrons. The number of amides is 1. The standard InChI is InChI=1S/C11H7ClN2O4/c12-8-5-6(1-2-7(8)11(16)17)13-10(15)9-3-4-18-14-9/h1-5H,(H,13,15)(H,16,17). The second-order valence-electron chi connectivity index (χ2n) is 3.34. The highest BCUT2D eigenvalue weighted by atomic mass is 35.5. The predicted molar refractivity (Wildman–Crippen MR) is 62.9 cm³/mol. The van der Waals surface area contributed by atoms with Gasteiger partial charge in [0, 0.05) is 11.8 Å². The lowest BCUT2D eigenvalue weighted by Crippen LogP contribution is -2.12. The Bertz CT molecular complexity index is 595. The predicted octanol–water partition coefficient (Wildman–Crippen LogP) is 2.28. The maximum absolute atomic E-state index is 11.6. The first-order valence-electron chi connectivity index (χ1n) is 4.82. The maximum Gasteiger partial charge on any atom is 0.337 e. The quantitative estimate of drug-likeness (QED) is 0.889. The molecule has 6 nitrogen and oxygen atoms in total. The van der Waals surface area contributed by atoms with Crippen LogP contribution in [0.2, 0.25) is 5.02 Å². The molecule has 1 heterocycles. The highest BCUT2D eigenvalue weighted by Crippen LogP contribution is 2.21. The normalized spacial score (nSPS) is 10.1. The maximum atomic E-state index is 11.6. The van der Waals surface area contributed by atoms with Crippen molar-refractivity contribution in [3.63, 3.8) is 0 Å². The minimum atomic E-state index is -1.13. The van der Waals surface area contributed by atoms with Crippen molar-refractivity contribution in [2.75, 3.05) is 5.32 Å². The third-order valence-corrected chi connectivity index (χ3v) is 2.44. The van der Waals surface area contributed by atoms with Crippen molar-refractivity contribution in [2.45, 2.75) is 0 Å². The minimum absolute atomic E-state index is 0.0314. The Morgan fingerprint density at radius 1 is 1.33 bits per heavy atom. The van der Waals surface area contributed by atoms with Crippen LogP contribution in [0.3, 0.4) is 0 Å². The Morgan fingerprint density at radius 2 is 2.11 bits per heavy atom. The molecule has 0 spiro atoms. The van der Waals surface area contributed by atoms with Crippen LogP contribution < -0.4 is 5.32 Å². The molecule has 0 aliphatic rings. The van der Waals surface area contributed by atoms with Crippen LogP contribution in [-0.4, -0.2) is 22.1 Å². The number of benzene rings is 1. The summed E-state index contributed by atoms with van der Waals surface area (Å²) in [5.41, 5.74) is 0.461. The zero-order valence-corrected chi connectivity index (χ0v) is 9.64. The van der Waals surface area contributed by atoms with Crippen molar-refractivity contribution in [2.24, 2.45) is 0 Å². The molecule has 0 atom stereocenters. The van der Waals surface area contributed by atoms with Gasteiger partial charge in [-0.3, -0.25) is 4.79 Å². The number of carboxylic acids is 1. The Labute approximate surface area is 106 Å². The van der Waals surface area contributed by atoms with Crippen LogP contribution in [0.5, 0.6) is 0 Å². The number of carbonyl (C=O) groups is 2. The lowest BCUT2D eigenvalue weighted by molar-refractivity contribution is 0.0697. The Morgan fingerprint density at radius 3 is 2.67 bits per heavy atom. The first-order valence-corrected chi connectivity index (χ1v) is 5.20. The molecule has 0 aliphatic carbocycles. The van der Waals surface area contributed by atoms with Crippen LogP contribution in [0.25, 0.3) is 0 Å². The molecule has 0 radical (unpaired) electrons. The molecule has 2 rings (SSSR count). The summed E-state index contributed by atoms with van der Waals surface area (Å²) in [6, 6.07) is 5.50. The minimum Gasteiger partial charge on any atom is -0.478 e. The molecular formula is C11H7ClN2O4. The summed E-state index contributed by atoms with van der Waals surface area (Å²) in [7, 11) is 0. The zero-order valence-electron chi connectivity index (χ0n) is 8.88. The van der Waals surface area contributed by atoms with Gasteiger partial charge >= 0.3 is 5.97 Å². The largest absolute Gasteiger partial charge is 0.478 e. The average Bonchev–Trinajstić information content (AvgIpc) is 2.81. The van der Waals surface area contributed by atoms with E-state index < -0.39 is 11.9 Å². The molecule has 0 saturated heterocycles. The van der Waals surface area contributed by atoms with E-state index in [1.54, 1.807) is 0 Å². The van der Waals surface area contributed by atoms with Crippen LogP contribution in [0.15, 0.2) is 35.1 Å². The number of carbonyl (C=O) groups excluding carboxylic acids is 1. The number of anilines is 1. The van der Waals surface area contributed by atoms with Gasteiger partial charge in [0.2, 0.25) is 0 Å². The van der Waals surface area contributed by atoms with E-state index >= 15 is 0 Å². The first kappa shape index (κ1) is 12.1. The number of nitrogens with zero attached hydrogens (tertiary/aromatic N) is 1. The molecule has 18 heavy (non-hydrogen) atoms. The molecule has 2 N–H and O–H groups in total. The third-order valence-electron chi connectivity index (χ3n) is 2.13. The molecular weight excluding hydrogens is 260 g/mol. The fourth-order valence-corrected chi connectivity index (χ4v) is 1.55. The Balaban J connectivity index is 2.18. The van der Waals surface area contributed by atoms with E-state index in [4.69, 9.17) is 16.7 Å². The van der Waals surface area contributed by atoms with Crippen molar-refractivity contribution in [1.29, 1.82) is 0 Å². The first-order chi connectivity index (χ1) is 8.58. The summed E-state index contributed by atoms with van der Waals surface area (Å²) >= 11 is 5.77. The lowest BCUT2D eigenvalue weighted by atomic mass is 10.2. The Kier molecular flexibility index (Phi) is 3.29. The van der Waals surface area contributed by atoms with Gasteiger partial charge in [0.25, 0.3) is 5.91 Å². The second kappa shape index (κ2) is 4.89. The summed E-state index contributed by atoms with van der Waals surface area (Å²) in [4.78, 5) is 22.4. The number of hydrogen-bond donors (Lipinski definition) is 2. The number of rotatable bonds is 3. The molecule has 1 aromatic carbocycles. The van der Waals surface area contributed by atoms with Gasteiger partial charge < -0.3 is 14.9 Å². The molecule has 2 aromatic rings. The molecule has 0 bridgehead atoms. The third kappa shape index (κ3) is 2.49. The summed E-state index contributed by atoms with van der Waals surface area (Å²) in [5, 5.41) is 14.8. The van der Waals surface area contributed by atoms with Crippen LogP contribution in [0.4, 0.5) is 5.69 Å². The molecule has 0 aliphatic heterocycles. The van der Waals surface area contributed by atoms with Gasteiger partial charge in [0.1, 0.15) is 6.26 Å². The molecule has 0 saturated carbocycles. The van der Waals surface area contributed by atoms with Gasteiger partial charge in [0.05, 0.1) is 10.6 Å². The average molecular weight is 267 g/mol. The van der Waals surface area contributed by atoms with E-state index in [1.165, 1.54) is 30.5 Å². The van der Waals surface area contributed by atoms with E-state index in [0.29, 0.717) is 5.69 Å². The van der Waals surface area contributed by atoms with Crippen molar-refractivity contribution < 1.29 is 19.2 Å². The smallest absolute Gasteiger partial charge is 0.337 e. The van der Waals surface area contributed by atoms with E-state index in [-0.39, 0.29) is 16.3 Å². The monoisotopic (exact) mass is 266 g/mol. The van der Waals surface area contributed by atoms with Crippen LogP contribution in [0.1, 0.15) is 20.8 Å². The highest BCUT2D eigenvalue weighted by molar-refractivity contribution is 6.33. The Hall–Kier alpha value is -2.34. The van der Waals surface area contributed by atoms with Crippen LogP contribution >= 0.6 is 11.6 Å². The van der Waals surface area contributed by atoms with Crippen LogP contribution in [-0.2, 0) is 0 Å². The number of aromatic carboxylic acids is 1. The number of halogens is 1. The van der Waals surface area contributed by atoms with Crippen molar-refractivity contribution in [3.05, 3.63) is 46.8 Å². The van der Waals surface area contributed by atoms with E-state index in [0.717, 1.165) is 0 Å². The van der Waals surface area contributed by atoms with Gasteiger partial charge in [0.15, 0.2) is 5.69 Å². The number of hydrogen-bond acceptors (Lipinski definition) is 4. The van der Waals surface area contributed by atoms with Crippen molar-refractivity contribution >= 4 is 29.2 Å². The molecule has 0 unspecified atom stereocenters. The van der Waals surface area contributed by atoms with Gasteiger partial charge in [-0.2, -0.15) is 0 Å². The zero-order chi connectivity index (χ0) is 13.1. The van der Waals surface area contributed by atoms with E-state index in [1.807, 2.05) is 0 Å². The van der Waals surface area contributed by atoms with E-state index in [9.17, 15) is 9.59 Å². The second-order valence-corrected chi connectivity index (χ2v) is 3.75. The molecule has 7 heteroatoms. The SMILES string of the molecule is O=C(Nc1ccc(C(=O)O)c(Cl)c1)c1ccon1. The highest BCUT2D eigenvalue weighted by Gasteiger charge is 2.12. The molecule has 1 amide bonds. The number of carboxylic acid groups (broad SMARTS) is 1. The topological polar surface area (TPSA) is 92.4 Å². The summed E-state index contributed by atoms with van der Waals surface area (Å²) in [6.07, 6.45) is 1.27. The van der Waals surface area contributed by atoms with Gasteiger partial charge in [-0.25, -0.2) is 4.79 Å². The molecule has 1 aromatic heterocycles. The van der Waals surface area contributed by atoms with E-state index in [2.05, 4.69) is 15.0 Å². The van der Waals surface area contributed by atoms with Crippen molar-refractivity contribution in [3.8, 4) is 0 Å². The number of nitrogens with one attached hydrogen (secondary N) is 1. The van der Waals surface area contributed by atoms with Gasteiger partial charge in [-0.1, -0.05) is 16.8 Å². The van der Waals surface area contributed by atoms with Gasteiger partial charge in [-0.15, -0.1) is 0 Å². The summed E-state index contributed by atoms with van der Waals surface area (Å²) in [5.74, 6) is -1.60. The van der Waals surface area contributed by atoms with Crippen LogP contribution in [0, 0.1) is 0 Å². The fraction of sp³-hybridized carbons (Fsp3) is 0. The lowest BCUT2D eigenvalue weighted by Gasteiger charge is -2.05. The molecule has 0 fully saturated rings.